The van der Waals surface area contributed by atoms with Crippen LogP contribution < -0.4 is 4.72 Å². The number of halogens is 4. The molecule has 0 amide bonds. The Labute approximate surface area is 149 Å². The quantitative estimate of drug-likeness (QED) is 0.562. The van der Waals surface area contributed by atoms with Gasteiger partial charge in [-0.05, 0) is 25.1 Å². The fourth-order valence-corrected chi connectivity index (χ4v) is 3.65. The minimum Gasteiger partial charge on any atom is -0.272 e. The van der Waals surface area contributed by atoms with E-state index < -0.39 is 42.5 Å². The molecule has 0 aliphatic heterocycles. The average molecular weight is 439 g/mol. The molecule has 0 atom stereocenters. The van der Waals surface area contributed by atoms with Crippen LogP contribution in [0.1, 0.15) is 11.1 Å². The number of nitrogens with one attached hydrogen (secondary N) is 1. The van der Waals surface area contributed by atoms with E-state index in [-0.39, 0.29) is 4.90 Å². The first kappa shape index (κ1) is 19.2. The number of nitrogens with zero attached hydrogens (tertiary/aromatic N) is 1. The van der Waals surface area contributed by atoms with Gasteiger partial charge in [0.2, 0.25) is 0 Å². The SMILES string of the molecule is Cc1ccc(S(=O)(=O)Nc2c([N+](=O)[O-])ccc(Br)c2C(F)(F)F)cc1. The Bertz CT molecular complexity index is 928. The number of benzene rings is 2. The smallest absolute Gasteiger partial charge is 0.272 e. The van der Waals surface area contributed by atoms with Crippen molar-refractivity contribution in [1.29, 1.82) is 0 Å². The zero-order valence-electron chi connectivity index (χ0n) is 12.5. The molecule has 0 radical (unpaired) electrons. The van der Waals surface area contributed by atoms with Gasteiger partial charge in [0.1, 0.15) is 11.3 Å². The van der Waals surface area contributed by atoms with Crippen molar-refractivity contribution in [2.45, 2.75) is 18.0 Å². The van der Waals surface area contributed by atoms with Crippen molar-refractivity contribution in [3.05, 3.63) is 62.1 Å². The predicted octanol–water partition coefficient (Wildman–Crippen LogP) is 4.49. The minimum absolute atomic E-state index is 0.319. The third-order valence-electron chi connectivity index (χ3n) is 3.18. The van der Waals surface area contributed by atoms with E-state index in [0.717, 1.165) is 17.7 Å². The second kappa shape index (κ2) is 6.64. The van der Waals surface area contributed by atoms with Crippen LogP contribution in [0.2, 0.25) is 0 Å². The Hall–Kier alpha value is -2.14. The Morgan fingerprint density at radius 1 is 1.12 bits per heavy atom. The lowest BCUT2D eigenvalue weighted by atomic mass is 10.1. The van der Waals surface area contributed by atoms with E-state index in [1.807, 2.05) is 0 Å². The van der Waals surface area contributed by atoms with Crippen LogP contribution in [0.25, 0.3) is 0 Å². The van der Waals surface area contributed by atoms with E-state index in [1.165, 1.54) is 24.3 Å². The molecule has 1 N–H and O–H groups in total. The van der Waals surface area contributed by atoms with Crippen LogP contribution in [0.4, 0.5) is 24.5 Å². The summed E-state index contributed by atoms with van der Waals surface area (Å²) >= 11 is 2.66. The van der Waals surface area contributed by atoms with Gasteiger partial charge in [0.05, 0.1) is 9.82 Å². The van der Waals surface area contributed by atoms with E-state index in [2.05, 4.69) is 15.9 Å². The molecule has 0 fully saturated rings. The molecule has 0 spiro atoms. The number of nitro groups is 1. The lowest BCUT2D eigenvalue weighted by Crippen LogP contribution is -2.19. The standard InChI is InChI=1S/C14H10BrF3N2O4S/c1-8-2-4-9(5-3-8)25(23,24)19-13-11(20(21)22)7-6-10(15)12(13)14(16,17)18/h2-7,19H,1H3. The van der Waals surface area contributed by atoms with E-state index >= 15 is 0 Å². The maximum Gasteiger partial charge on any atom is 0.419 e. The van der Waals surface area contributed by atoms with Crippen molar-refractivity contribution in [2.75, 3.05) is 4.72 Å². The van der Waals surface area contributed by atoms with Gasteiger partial charge in [-0.25, -0.2) is 8.42 Å². The summed E-state index contributed by atoms with van der Waals surface area (Å²) in [7, 11) is -4.46. The number of rotatable bonds is 4. The van der Waals surface area contributed by atoms with Crippen LogP contribution in [-0.4, -0.2) is 13.3 Å². The second-order valence-corrected chi connectivity index (χ2v) is 7.53. The molecule has 0 heterocycles. The lowest BCUT2D eigenvalue weighted by molar-refractivity contribution is -0.384. The lowest BCUT2D eigenvalue weighted by Gasteiger charge is -2.16. The van der Waals surface area contributed by atoms with Crippen LogP contribution in [0.3, 0.4) is 0 Å². The highest BCUT2D eigenvalue weighted by molar-refractivity contribution is 9.10. The molecule has 2 aromatic carbocycles. The first-order valence-electron chi connectivity index (χ1n) is 6.57. The van der Waals surface area contributed by atoms with Crippen molar-refractivity contribution in [1.82, 2.24) is 0 Å². The second-order valence-electron chi connectivity index (χ2n) is 4.99. The van der Waals surface area contributed by atoms with Gasteiger partial charge >= 0.3 is 6.18 Å². The van der Waals surface area contributed by atoms with Crippen molar-refractivity contribution in [2.24, 2.45) is 0 Å². The molecule has 0 aliphatic carbocycles. The summed E-state index contributed by atoms with van der Waals surface area (Å²) in [5.74, 6) is 0. The summed E-state index contributed by atoms with van der Waals surface area (Å²) in [4.78, 5) is 9.66. The first-order chi connectivity index (χ1) is 11.4. The summed E-state index contributed by atoms with van der Waals surface area (Å²) in [6.07, 6.45) is -5.02. The fourth-order valence-electron chi connectivity index (χ4n) is 2.01. The molecular weight excluding hydrogens is 429 g/mol. The van der Waals surface area contributed by atoms with Gasteiger partial charge in [-0.1, -0.05) is 33.6 Å². The minimum atomic E-state index is -5.02. The maximum atomic E-state index is 13.3. The average Bonchev–Trinajstić information content (AvgIpc) is 2.45. The van der Waals surface area contributed by atoms with Gasteiger partial charge in [-0.2, -0.15) is 13.2 Å². The molecule has 134 valence electrons. The van der Waals surface area contributed by atoms with Crippen LogP contribution >= 0.6 is 15.9 Å². The topological polar surface area (TPSA) is 89.3 Å². The highest BCUT2D eigenvalue weighted by Gasteiger charge is 2.40. The Kier molecular flexibility index (Phi) is 5.09. The van der Waals surface area contributed by atoms with Gasteiger partial charge in [0.25, 0.3) is 15.7 Å². The fraction of sp³-hybridized carbons (Fsp3) is 0.143. The first-order valence-corrected chi connectivity index (χ1v) is 8.84. The largest absolute Gasteiger partial charge is 0.419 e. The third kappa shape index (κ3) is 4.10. The van der Waals surface area contributed by atoms with E-state index in [9.17, 15) is 31.7 Å². The van der Waals surface area contributed by atoms with Gasteiger partial charge in [-0.3, -0.25) is 14.8 Å². The maximum absolute atomic E-state index is 13.3. The number of alkyl halides is 3. The van der Waals surface area contributed by atoms with Gasteiger partial charge in [0, 0.05) is 10.5 Å². The molecule has 0 aliphatic rings. The zero-order valence-corrected chi connectivity index (χ0v) is 14.9. The van der Waals surface area contributed by atoms with Gasteiger partial charge in [-0.15, -0.1) is 0 Å². The summed E-state index contributed by atoms with van der Waals surface area (Å²) in [5.41, 5.74) is -2.89. The van der Waals surface area contributed by atoms with Crippen molar-refractivity contribution < 1.29 is 26.5 Å². The van der Waals surface area contributed by atoms with E-state index in [4.69, 9.17) is 0 Å². The number of anilines is 1. The molecule has 2 rings (SSSR count). The van der Waals surface area contributed by atoms with Crippen molar-refractivity contribution in [3.63, 3.8) is 0 Å². The summed E-state index contributed by atoms with van der Waals surface area (Å²) in [6.45, 7) is 1.70. The van der Waals surface area contributed by atoms with Crippen LogP contribution in [0.5, 0.6) is 0 Å². The summed E-state index contributed by atoms with van der Waals surface area (Å²) in [6, 6.07) is 6.91. The molecule has 0 saturated carbocycles. The normalized spacial score (nSPS) is 12.0. The number of aryl methyl sites for hydroxylation is 1. The summed E-state index contributed by atoms with van der Waals surface area (Å²) < 4.78 is 65.8. The molecule has 11 heteroatoms. The van der Waals surface area contributed by atoms with Gasteiger partial charge < -0.3 is 0 Å². The highest BCUT2D eigenvalue weighted by atomic mass is 79.9. The number of hydrogen-bond donors (Lipinski definition) is 1. The molecule has 25 heavy (non-hydrogen) atoms. The Balaban J connectivity index is 2.67. The third-order valence-corrected chi connectivity index (χ3v) is 5.21. The summed E-state index contributed by atoms with van der Waals surface area (Å²) in [5, 5.41) is 11.1. The number of hydrogen-bond acceptors (Lipinski definition) is 4. The predicted molar refractivity (Wildman–Crippen MR) is 87.8 cm³/mol. The van der Waals surface area contributed by atoms with E-state index in [1.54, 1.807) is 11.6 Å². The van der Waals surface area contributed by atoms with Crippen LogP contribution in [0.15, 0.2) is 45.8 Å². The molecule has 0 aromatic heterocycles. The zero-order chi connectivity index (χ0) is 19.0. The number of sulfonamides is 1. The molecule has 6 nitrogen and oxygen atoms in total. The van der Waals surface area contributed by atoms with Crippen molar-refractivity contribution >= 4 is 37.3 Å². The Morgan fingerprint density at radius 3 is 2.16 bits per heavy atom. The Morgan fingerprint density at radius 2 is 1.68 bits per heavy atom. The van der Waals surface area contributed by atoms with Gasteiger partial charge in [0.15, 0.2) is 0 Å². The highest BCUT2D eigenvalue weighted by Crippen LogP contribution is 2.44. The molecule has 0 saturated heterocycles. The van der Waals surface area contributed by atoms with E-state index in [0.29, 0.717) is 0 Å². The van der Waals surface area contributed by atoms with Crippen LogP contribution in [0, 0.1) is 17.0 Å². The number of nitro benzene ring substituents is 1. The molecule has 0 bridgehead atoms. The molecular formula is C14H10BrF3N2O4S. The van der Waals surface area contributed by atoms with Crippen LogP contribution in [-0.2, 0) is 16.2 Å². The van der Waals surface area contributed by atoms with Crippen molar-refractivity contribution in [3.8, 4) is 0 Å². The molecule has 0 unspecified atom stereocenters. The molecule has 2 aromatic rings. The monoisotopic (exact) mass is 438 g/mol.